The molecule has 4 nitrogen and oxygen atoms in total. The highest BCUT2D eigenvalue weighted by atomic mass is 79.9. The lowest BCUT2D eigenvalue weighted by Crippen LogP contribution is -2.43. The molecule has 2 aliphatic rings. The molecule has 0 spiro atoms. The number of esters is 1. The second-order valence-corrected chi connectivity index (χ2v) is 4.72. The van der Waals surface area contributed by atoms with Crippen molar-refractivity contribution in [3.05, 3.63) is 11.8 Å². The first-order valence-electron chi connectivity index (χ1n) is 4.94. The van der Waals surface area contributed by atoms with Crippen LogP contribution in [0, 0.1) is 0 Å². The maximum absolute atomic E-state index is 11.5. The van der Waals surface area contributed by atoms with Crippen LogP contribution in [0.2, 0.25) is 0 Å². The number of hydroxylamine groups is 2. The number of fused-ring (bicyclic) bond motifs is 1. The summed E-state index contributed by atoms with van der Waals surface area (Å²) in [7, 11) is 1.39. The third kappa shape index (κ3) is 1.49. The Morgan fingerprint density at radius 1 is 1.87 bits per heavy atom. The van der Waals surface area contributed by atoms with Gasteiger partial charge in [0.2, 0.25) is 0 Å². The zero-order valence-electron chi connectivity index (χ0n) is 8.83. The molecule has 2 heterocycles. The van der Waals surface area contributed by atoms with Crippen LogP contribution in [0.25, 0.3) is 0 Å². The van der Waals surface area contributed by atoms with Gasteiger partial charge in [0.15, 0.2) is 0 Å². The Kier molecular flexibility index (Phi) is 2.77. The van der Waals surface area contributed by atoms with E-state index in [4.69, 9.17) is 9.57 Å². The fourth-order valence-corrected chi connectivity index (χ4v) is 2.87. The molecule has 0 aromatic heterocycles. The number of carbonyl (C=O) groups is 1. The normalized spacial score (nSPS) is 34.6. The number of alkyl halides is 1. The van der Waals surface area contributed by atoms with Crippen LogP contribution in [0.15, 0.2) is 11.8 Å². The van der Waals surface area contributed by atoms with Gasteiger partial charge in [0.25, 0.3) is 0 Å². The van der Waals surface area contributed by atoms with Crippen molar-refractivity contribution in [2.24, 2.45) is 0 Å². The molecule has 0 aromatic rings. The average molecular weight is 276 g/mol. The summed E-state index contributed by atoms with van der Waals surface area (Å²) in [4.78, 5) is 17.0. The molecule has 0 saturated carbocycles. The van der Waals surface area contributed by atoms with Gasteiger partial charge in [-0.15, -0.1) is 5.06 Å². The molecule has 0 bridgehead atoms. The number of nitrogens with zero attached hydrogens (tertiary/aromatic N) is 1. The van der Waals surface area contributed by atoms with Crippen LogP contribution in [0.4, 0.5) is 0 Å². The average Bonchev–Trinajstić information content (AvgIpc) is 2.71. The van der Waals surface area contributed by atoms with E-state index in [1.807, 2.05) is 12.0 Å². The molecule has 1 saturated heterocycles. The molecular formula is C10H14BrNO3. The van der Waals surface area contributed by atoms with Crippen molar-refractivity contribution < 1.29 is 14.4 Å². The SMILES string of the molecule is COC(=O)C1=CON2[C@H](CBr)CC[C@@]12C. The van der Waals surface area contributed by atoms with Gasteiger partial charge in [-0.1, -0.05) is 15.9 Å². The second kappa shape index (κ2) is 3.79. The molecule has 5 heteroatoms. The minimum Gasteiger partial charge on any atom is -0.466 e. The van der Waals surface area contributed by atoms with Gasteiger partial charge in [0, 0.05) is 5.33 Å². The van der Waals surface area contributed by atoms with Gasteiger partial charge in [-0.05, 0) is 19.8 Å². The molecule has 0 radical (unpaired) electrons. The Hall–Kier alpha value is -0.550. The van der Waals surface area contributed by atoms with Crippen molar-refractivity contribution in [3.8, 4) is 0 Å². The molecule has 0 unspecified atom stereocenters. The highest BCUT2D eigenvalue weighted by Gasteiger charge is 2.52. The van der Waals surface area contributed by atoms with Crippen LogP contribution in [0.3, 0.4) is 0 Å². The van der Waals surface area contributed by atoms with Crippen molar-refractivity contribution in [2.45, 2.75) is 31.3 Å². The highest BCUT2D eigenvalue weighted by Crippen LogP contribution is 2.44. The number of hydrogen-bond acceptors (Lipinski definition) is 4. The minimum absolute atomic E-state index is 0.296. The van der Waals surface area contributed by atoms with Gasteiger partial charge in [-0.2, -0.15) is 0 Å². The predicted octanol–water partition coefficient (Wildman–Crippen LogP) is 1.61. The number of rotatable bonds is 2. The number of methoxy groups -OCH3 is 1. The number of hydrogen-bond donors (Lipinski definition) is 0. The van der Waals surface area contributed by atoms with Gasteiger partial charge in [-0.3, -0.25) is 0 Å². The van der Waals surface area contributed by atoms with E-state index in [2.05, 4.69) is 15.9 Å². The van der Waals surface area contributed by atoms with Crippen molar-refractivity contribution in [3.63, 3.8) is 0 Å². The Bertz CT molecular complexity index is 318. The van der Waals surface area contributed by atoms with Crippen molar-refractivity contribution in [1.82, 2.24) is 5.06 Å². The number of carbonyl (C=O) groups excluding carboxylic acids is 1. The standard InChI is InChI=1S/C10H14BrNO3/c1-10-4-3-7(5-11)12(10)15-6-8(10)9(13)14-2/h6-7H,3-5H2,1-2H3/t7-,10-/m0/s1. The van der Waals surface area contributed by atoms with E-state index in [1.165, 1.54) is 13.4 Å². The number of halogens is 1. The van der Waals surface area contributed by atoms with E-state index in [9.17, 15) is 4.79 Å². The molecule has 15 heavy (non-hydrogen) atoms. The number of ether oxygens (including phenoxy) is 1. The Balaban J connectivity index is 2.23. The summed E-state index contributed by atoms with van der Waals surface area (Å²) in [5.41, 5.74) is 0.305. The van der Waals surface area contributed by atoms with E-state index in [0.717, 1.165) is 18.2 Å². The van der Waals surface area contributed by atoms with Gasteiger partial charge >= 0.3 is 5.97 Å². The monoisotopic (exact) mass is 275 g/mol. The molecule has 0 amide bonds. The predicted molar refractivity (Wildman–Crippen MR) is 58.2 cm³/mol. The molecule has 0 aromatic carbocycles. The summed E-state index contributed by atoms with van der Waals surface area (Å²) >= 11 is 3.45. The molecule has 2 rings (SSSR count). The van der Waals surface area contributed by atoms with Crippen molar-refractivity contribution in [2.75, 3.05) is 12.4 Å². The van der Waals surface area contributed by atoms with E-state index >= 15 is 0 Å². The smallest absolute Gasteiger partial charge is 0.338 e. The van der Waals surface area contributed by atoms with Gasteiger partial charge < -0.3 is 9.57 Å². The Morgan fingerprint density at radius 2 is 2.60 bits per heavy atom. The third-order valence-electron chi connectivity index (χ3n) is 3.23. The van der Waals surface area contributed by atoms with Crippen LogP contribution in [0.5, 0.6) is 0 Å². The maximum atomic E-state index is 11.5. The summed E-state index contributed by atoms with van der Waals surface area (Å²) in [5, 5.41) is 2.75. The van der Waals surface area contributed by atoms with Gasteiger partial charge in [-0.25, -0.2) is 4.79 Å². The fourth-order valence-electron chi connectivity index (χ4n) is 2.29. The first-order chi connectivity index (χ1) is 7.13. The molecule has 0 N–H and O–H groups in total. The maximum Gasteiger partial charge on any atom is 0.338 e. The topological polar surface area (TPSA) is 38.8 Å². The highest BCUT2D eigenvalue weighted by molar-refractivity contribution is 9.09. The Labute approximate surface area is 97.3 Å². The largest absolute Gasteiger partial charge is 0.466 e. The summed E-state index contributed by atoms with van der Waals surface area (Å²) in [6.45, 7) is 2.02. The molecule has 0 aliphatic carbocycles. The molecule has 2 aliphatic heterocycles. The summed E-state index contributed by atoms with van der Waals surface area (Å²) < 4.78 is 4.75. The first-order valence-corrected chi connectivity index (χ1v) is 6.06. The third-order valence-corrected chi connectivity index (χ3v) is 3.98. The van der Waals surface area contributed by atoms with E-state index in [0.29, 0.717) is 11.6 Å². The zero-order chi connectivity index (χ0) is 11.1. The lowest BCUT2D eigenvalue weighted by atomic mass is 9.91. The van der Waals surface area contributed by atoms with Crippen molar-refractivity contribution >= 4 is 21.9 Å². The van der Waals surface area contributed by atoms with Crippen molar-refractivity contribution in [1.29, 1.82) is 0 Å². The van der Waals surface area contributed by atoms with E-state index < -0.39 is 0 Å². The van der Waals surface area contributed by atoms with Crippen LogP contribution in [-0.4, -0.2) is 35.1 Å². The van der Waals surface area contributed by atoms with Crippen LogP contribution >= 0.6 is 15.9 Å². The quantitative estimate of drug-likeness (QED) is 0.567. The lowest BCUT2D eigenvalue weighted by molar-refractivity contribution is -0.145. The molecule has 84 valence electrons. The first kappa shape index (κ1) is 11.0. The van der Waals surface area contributed by atoms with Crippen LogP contribution in [-0.2, 0) is 14.4 Å². The molecule has 2 atom stereocenters. The summed E-state index contributed by atoms with van der Waals surface area (Å²) in [6.07, 6.45) is 3.46. The van der Waals surface area contributed by atoms with E-state index in [1.54, 1.807) is 0 Å². The fraction of sp³-hybridized carbons (Fsp3) is 0.700. The van der Waals surface area contributed by atoms with Crippen LogP contribution < -0.4 is 0 Å². The minimum atomic E-state index is -0.314. The second-order valence-electron chi connectivity index (χ2n) is 4.07. The van der Waals surface area contributed by atoms with Gasteiger partial charge in [0.05, 0.1) is 24.3 Å². The summed E-state index contributed by atoms with van der Waals surface area (Å²) in [6, 6.07) is 0.327. The zero-order valence-corrected chi connectivity index (χ0v) is 10.4. The Morgan fingerprint density at radius 3 is 3.20 bits per heavy atom. The molecule has 1 fully saturated rings. The molecular weight excluding hydrogens is 262 g/mol. The van der Waals surface area contributed by atoms with Crippen LogP contribution in [0.1, 0.15) is 19.8 Å². The van der Waals surface area contributed by atoms with Gasteiger partial charge in [0.1, 0.15) is 6.26 Å². The van der Waals surface area contributed by atoms with E-state index in [-0.39, 0.29) is 11.5 Å². The summed E-state index contributed by atoms with van der Waals surface area (Å²) in [5.74, 6) is -0.296. The lowest BCUT2D eigenvalue weighted by Gasteiger charge is -2.29.